The van der Waals surface area contributed by atoms with Crippen molar-refractivity contribution in [3.8, 4) is 5.75 Å². The number of benzene rings is 2. The predicted octanol–water partition coefficient (Wildman–Crippen LogP) is 4.10. The van der Waals surface area contributed by atoms with Gasteiger partial charge in [0.25, 0.3) is 0 Å². The summed E-state index contributed by atoms with van der Waals surface area (Å²) in [6.07, 6.45) is 5.25. The number of hydrogen-bond donors (Lipinski definition) is 1. The fourth-order valence-corrected chi connectivity index (χ4v) is 3.82. The number of phenols is 1. The summed E-state index contributed by atoms with van der Waals surface area (Å²) < 4.78 is 29.9. The maximum atomic E-state index is 14.4. The average molecular weight is 424 g/mol. The number of halogens is 2. The summed E-state index contributed by atoms with van der Waals surface area (Å²) in [7, 11) is 3.48. The Bertz CT molecular complexity index is 1160. The van der Waals surface area contributed by atoms with Gasteiger partial charge in [-0.2, -0.15) is 5.10 Å². The summed E-state index contributed by atoms with van der Waals surface area (Å²) >= 11 is 0. The third-order valence-electron chi connectivity index (χ3n) is 5.27. The molecule has 1 aliphatic heterocycles. The largest absolute Gasteiger partial charge is 0.508 e. The van der Waals surface area contributed by atoms with Gasteiger partial charge in [0.05, 0.1) is 18.8 Å². The van der Waals surface area contributed by atoms with Crippen LogP contribution in [0.5, 0.6) is 5.75 Å². The number of nitrogens with zero attached hydrogens (tertiary/aromatic N) is 4. The zero-order valence-corrected chi connectivity index (χ0v) is 17.2. The van der Waals surface area contributed by atoms with Crippen LogP contribution in [0.25, 0.3) is 5.57 Å². The first-order valence-corrected chi connectivity index (χ1v) is 9.76. The summed E-state index contributed by atoms with van der Waals surface area (Å²) in [5.41, 5.74) is 2.18. The van der Waals surface area contributed by atoms with Crippen molar-refractivity contribution in [1.29, 1.82) is 0 Å². The highest BCUT2D eigenvalue weighted by Gasteiger charge is 2.33. The Morgan fingerprint density at radius 3 is 2.77 bits per heavy atom. The molecule has 2 aromatic carbocycles. The molecule has 0 spiro atoms. The van der Waals surface area contributed by atoms with Gasteiger partial charge in [-0.3, -0.25) is 4.68 Å². The Morgan fingerprint density at radius 2 is 2.06 bits per heavy atom. The molecule has 0 saturated heterocycles. The number of aromatic hydroxyl groups is 1. The molecule has 0 saturated carbocycles. The molecule has 3 aromatic rings. The van der Waals surface area contributed by atoms with Crippen LogP contribution < -0.4 is 0 Å². The molecule has 160 valence electrons. The molecule has 1 unspecified atom stereocenters. The predicted molar refractivity (Wildman–Crippen MR) is 112 cm³/mol. The molecule has 0 fully saturated rings. The Kier molecular flexibility index (Phi) is 5.46. The van der Waals surface area contributed by atoms with Crippen LogP contribution in [-0.4, -0.2) is 44.3 Å². The van der Waals surface area contributed by atoms with Gasteiger partial charge < -0.3 is 14.9 Å². The second kappa shape index (κ2) is 8.22. The third kappa shape index (κ3) is 4.28. The van der Waals surface area contributed by atoms with Crippen molar-refractivity contribution < 1.29 is 18.7 Å². The van der Waals surface area contributed by atoms with Gasteiger partial charge in [-0.1, -0.05) is 18.2 Å². The first-order valence-electron chi connectivity index (χ1n) is 9.76. The molecule has 31 heavy (non-hydrogen) atoms. The molecule has 0 radical (unpaired) electrons. The van der Waals surface area contributed by atoms with Gasteiger partial charge in [0.2, 0.25) is 0 Å². The molecule has 2 amide bonds. The summed E-state index contributed by atoms with van der Waals surface area (Å²) in [6, 6.07) is 9.03. The normalized spacial score (nSPS) is 15.8. The quantitative estimate of drug-likeness (QED) is 0.686. The number of aryl methyl sites for hydroxylation is 1. The monoisotopic (exact) mass is 424 g/mol. The lowest BCUT2D eigenvalue weighted by molar-refractivity contribution is 0.160. The number of phenolic OH excluding ortho intramolecular Hbond substituents is 1. The van der Waals surface area contributed by atoms with Crippen LogP contribution in [0.1, 0.15) is 22.7 Å². The minimum atomic E-state index is -0.555. The smallest absolute Gasteiger partial charge is 0.321 e. The number of rotatable bonds is 4. The van der Waals surface area contributed by atoms with E-state index in [-0.39, 0.29) is 23.9 Å². The molecule has 8 heteroatoms. The fraction of sp³-hybridized carbons (Fsp3) is 0.217. The Hall–Kier alpha value is -3.68. The number of amides is 2. The van der Waals surface area contributed by atoms with Crippen LogP contribution in [0.2, 0.25) is 0 Å². The third-order valence-corrected chi connectivity index (χ3v) is 5.27. The molecule has 1 aromatic heterocycles. The van der Waals surface area contributed by atoms with Gasteiger partial charge in [-0.05, 0) is 41.5 Å². The molecule has 2 heterocycles. The second-order valence-corrected chi connectivity index (χ2v) is 7.64. The number of carbonyl (C=O) groups excluding carboxylic acids is 1. The fourth-order valence-electron chi connectivity index (χ4n) is 3.82. The van der Waals surface area contributed by atoms with Crippen molar-refractivity contribution in [3.63, 3.8) is 0 Å². The first-order chi connectivity index (χ1) is 14.8. The molecule has 4 rings (SSSR count). The number of urea groups is 1. The van der Waals surface area contributed by atoms with E-state index in [0.717, 1.165) is 23.8 Å². The van der Waals surface area contributed by atoms with Gasteiger partial charge in [0.15, 0.2) is 0 Å². The highest BCUT2D eigenvalue weighted by atomic mass is 19.1. The van der Waals surface area contributed by atoms with Crippen molar-refractivity contribution in [2.75, 3.05) is 13.6 Å². The van der Waals surface area contributed by atoms with Crippen molar-refractivity contribution in [3.05, 3.63) is 89.3 Å². The molecule has 1 aliphatic rings. The molecule has 0 aliphatic carbocycles. The lowest BCUT2D eigenvalue weighted by atomic mass is 10.0. The average Bonchev–Trinajstić information content (AvgIpc) is 3.35. The van der Waals surface area contributed by atoms with E-state index in [1.54, 1.807) is 59.0 Å². The van der Waals surface area contributed by atoms with E-state index in [0.29, 0.717) is 17.7 Å². The first kappa shape index (κ1) is 20.6. The minimum absolute atomic E-state index is 0.0624. The topological polar surface area (TPSA) is 61.6 Å². The van der Waals surface area contributed by atoms with Crippen molar-refractivity contribution in [1.82, 2.24) is 19.6 Å². The van der Waals surface area contributed by atoms with E-state index in [1.165, 1.54) is 6.07 Å². The SMILES string of the molecule is CN(Cc1cnn(C)c1)C(=O)N1CC(c2cc(F)ccc2F)=CC1c1cccc(O)c1. The van der Waals surface area contributed by atoms with Crippen LogP contribution in [0, 0.1) is 11.6 Å². The van der Waals surface area contributed by atoms with Crippen LogP contribution >= 0.6 is 0 Å². The maximum absolute atomic E-state index is 14.4. The van der Waals surface area contributed by atoms with E-state index >= 15 is 0 Å². The van der Waals surface area contributed by atoms with E-state index in [1.807, 2.05) is 6.20 Å². The summed E-state index contributed by atoms with van der Waals surface area (Å²) in [5, 5.41) is 14.0. The molecular weight excluding hydrogens is 402 g/mol. The van der Waals surface area contributed by atoms with Crippen LogP contribution in [0.3, 0.4) is 0 Å². The molecule has 1 atom stereocenters. The summed E-state index contributed by atoms with van der Waals surface area (Å²) in [6.45, 7) is 0.455. The van der Waals surface area contributed by atoms with Gasteiger partial charge in [-0.15, -0.1) is 0 Å². The molecule has 1 N–H and O–H groups in total. The maximum Gasteiger partial charge on any atom is 0.321 e. The Labute approximate surface area is 178 Å². The van der Waals surface area contributed by atoms with Gasteiger partial charge in [0, 0.05) is 38.0 Å². The van der Waals surface area contributed by atoms with Gasteiger partial charge in [0.1, 0.15) is 17.4 Å². The van der Waals surface area contributed by atoms with E-state index in [9.17, 15) is 18.7 Å². The Balaban J connectivity index is 1.66. The summed E-state index contributed by atoms with van der Waals surface area (Å²) in [4.78, 5) is 16.4. The van der Waals surface area contributed by atoms with Crippen molar-refractivity contribution >= 4 is 11.6 Å². The van der Waals surface area contributed by atoms with Crippen LogP contribution in [-0.2, 0) is 13.6 Å². The standard InChI is InChI=1S/C23H22F2N4O2/c1-27(12-15-11-26-28(2)13-15)23(31)29-14-17(20-10-18(24)6-7-21(20)25)9-22(29)16-4-3-5-19(30)8-16/h3-11,13,22,30H,12,14H2,1-2H3. The van der Waals surface area contributed by atoms with Crippen molar-refractivity contribution in [2.45, 2.75) is 12.6 Å². The van der Waals surface area contributed by atoms with Gasteiger partial charge in [-0.25, -0.2) is 13.6 Å². The summed E-state index contributed by atoms with van der Waals surface area (Å²) in [5.74, 6) is -1.04. The number of carbonyl (C=O) groups is 1. The van der Waals surface area contributed by atoms with Crippen molar-refractivity contribution in [2.24, 2.45) is 7.05 Å². The zero-order valence-electron chi connectivity index (χ0n) is 17.2. The lowest BCUT2D eigenvalue weighted by Gasteiger charge is -2.30. The van der Waals surface area contributed by atoms with E-state index in [2.05, 4.69) is 5.10 Å². The second-order valence-electron chi connectivity index (χ2n) is 7.64. The number of aromatic nitrogens is 2. The number of hydrogen-bond acceptors (Lipinski definition) is 3. The van der Waals surface area contributed by atoms with E-state index in [4.69, 9.17) is 0 Å². The molecular formula is C23H22F2N4O2. The molecule has 0 bridgehead atoms. The Morgan fingerprint density at radius 1 is 1.26 bits per heavy atom. The van der Waals surface area contributed by atoms with Crippen LogP contribution in [0.4, 0.5) is 13.6 Å². The van der Waals surface area contributed by atoms with Crippen LogP contribution in [0.15, 0.2) is 60.9 Å². The lowest BCUT2D eigenvalue weighted by Crippen LogP contribution is -2.41. The highest BCUT2D eigenvalue weighted by molar-refractivity contribution is 5.82. The molecule has 6 nitrogen and oxygen atoms in total. The minimum Gasteiger partial charge on any atom is -0.508 e. The highest BCUT2D eigenvalue weighted by Crippen LogP contribution is 2.37. The van der Waals surface area contributed by atoms with E-state index < -0.39 is 17.7 Å². The van der Waals surface area contributed by atoms with Gasteiger partial charge >= 0.3 is 6.03 Å². The zero-order chi connectivity index (χ0) is 22.1.